The number of aliphatic hydroxyl groups is 1. The molecule has 2 unspecified atom stereocenters. The molecule has 2 aromatic rings. The standard InChI is InChI=1S/C27H30ClN3O5/c1-3-26-13-14-27(36-26)21(20(26)23(33)29-2)25(35)31(19(15-32)16-7-5-4-6-8-16)22(27)24(34)30-18-11-9-17(28)10-12-18/h4-12,19-22,32H,3,13-15H2,1-2H3,(H,29,33)(H,30,34)/t19-,20+,21+,22?,26-,27?/m1/s1. The Kier molecular flexibility index (Phi) is 6.31. The molecule has 3 saturated heterocycles. The number of hydrogen-bond acceptors (Lipinski definition) is 5. The van der Waals surface area contributed by atoms with Gasteiger partial charge in [0, 0.05) is 17.8 Å². The summed E-state index contributed by atoms with van der Waals surface area (Å²) < 4.78 is 6.69. The zero-order chi connectivity index (χ0) is 25.7. The minimum Gasteiger partial charge on any atom is -0.394 e. The highest BCUT2D eigenvalue weighted by molar-refractivity contribution is 6.30. The summed E-state index contributed by atoms with van der Waals surface area (Å²) in [6, 6.07) is 14.0. The number of hydrogen-bond donors (Lipinski definition) is 3. The predicted molar refractivity (Wildman–Crippen MR) is 134 cm³/mol. The summed E-state index contributed by atoms with van der Waals surface area (Å²) in [7, 11) is 1.55. The second-order valence-corrected chi connectivity index (χ2v) is 10.2. The number of nitrogens with one attached hydrogen (secondary N) is 2. The Bertz CT molecular complexity index is 1180. The number of amides is 3. The van der Waals surface area contributed by atoms with Gasteiger partial charge in [0.2, 0.25) is 17.7 Å². The summed E-state index contributed by atoms with van der Waals surface area (Å²) in [6.07, 6.45) is 1.58. The Balaban J connectivity index is 1.62. The highest BCUT2D eigenvalue weighted by Gasteiger charge is 2.79. The van der Waals surface area contributed by atoms with Crippen LogP contribution in [0, 0.1) is 11.8 Å². The minimum atomic E-state index is -1.18. The third kappa shape index (κ3) is 3.54. The van der Waals surface area contributed by atoms with Crippen molar-refractivity contribution in [3.8, 4) is 0 Å². The van der Waals surface area contributed by atoms with E-state index in [2.05, 4.69) is 10.6 Å². The molecular weight excluding hydrogens is 482 g/mol. The average molecular weight is 512 g/mol. The van der Waals surface area contributed by atoms with Crippen LogP contribution in [0.1, 0.15) is 37.8 Å². The van der Waals surface area contributed by atoms with Crippen LogP contribution in [0.25, 0.3) is 0 Å². The SMILES string of the molecule is CC[C@]12CCC3(O1)C(C(=O)Nc1ccc(Cl)cc1)N([C@H](CO)c1ccccc1)C(=O)[C@@H]3[C@H]2C(=O)NC. The summed E-state index contributed by atoms with van der Waals surface area (Å²) in [5, 5.41) is 16.6. The van der Waals surface area contributed by atoms with Crippen molar-refractivity contribution in [3.05, 3.63) is 65.2 Å². The second-order valence-electron chi connectivity index (χ2n) is 9.80. The molecule has 3 N–H and O–H groups in total. The lowest BCUT2D eigenvalue weighted by Crippen LogP contribution is -2.54. The highest BCUT2D eigenvalue weighted by Crippen LogP contribution is 2.65. The van der Waals surface area contributed by atoms with Crippen LogP contribution in [0.4, 0.5) is 5.69 Å². The molecule has 1 spiro atoms. The van der Waals surface area contributed by atoms with E-state index >= 15 is 0 Å². The van der Waals surface area contributed by atoms with Crippen LogP contribution in [0.3, 0.4) is 0 Å². The van der Waals surface area contributed by atoms with Gasteiger partial charge in [-0.15, -0.1) is 0 Å². The number of ether oxygens (including phenoxy) is 1. The molecule has 0 aromatic heterocycles. The molecule has 6 atom stereocenters. The average Bonchev–Trinajstić information content (AvgIpc) is 3.50. The molecule has 0 saturated carbocycles. The number of anilines is 1. The van der Waals surface area contributed by atoms with E-state index in [9.17, 15) is 19.5 Å². The molecule has 3 aliphatic heterocycles. The number of fused-ring (bicyclic) bond motifs is 1. The van der Waals surface area contributed by atoms with E-state index in [0.29, 0.717) is 35.5 Å². The first kappa shape index (κ1) is 24.7. The highest BCUT2D eigenvalue weighted by atomic mass is 35.5. The van der Waals surface area contributed by atoms with Crippen molar-refractivity contribution in [3.63, 3.8) is 0 Å². The summed E-state index contributed by atoms with van der Waals surface area (Å²) >= 11 is 6.01. The molecule has 190 valence electrons. The molecule has 3 amide bonds. The zero-order valence-electron chi connectivity index (χ0n) is 20.2. The summed E-state index contributed by atoms with van der Waals surface area (Å²) in [5.74, 6) is -2.59. The van der Waals surface area contributed by atoms with Gasteiger partial charge in [-0.25, -0.2) is 0 Å². The topological polar surface area (TPSA) is 108 Å². The first-order valence-corrected chi connectivity index (χ1v) is 12.7. The van der Waals surface area contributed by atoms with Gasteiger partial charge in [-0.2, -0.15) is 0 Å². The Morgan fingerprint density at radius 2 is 1.83 bits per heavy atom. The van der Waals surface area contributed by atoms with Crippen molar-refractivity contribution in [1.82, 2.24) is 10.2 Å². The molecule has 3 heterocycles. The molecule has 3 fully saturated rings. The number of rotatable bonds is 7. The van der Waals surface area contributed by atoms with Gasteiger partial charge in [-0.05, 0) is 49.1 Å². The molecular formula is C27H30ClN3O5. The Morgan fingerprint density at radius 1 is 1.14 bits per heavy atom. The lowest BCUT2D eigenvalue weighted by atomic mass is 9.65. The maximum Gasteiger partial charge on any atom is 0.250 e. The summed E-state index contributed by atoms with van der Waals surface area (Å²) in [4.78, 5) is 42.8. The molecule has 9 heteroatoms. The van der Waals surface area contributed by atoms with E-state index in [1.807, 2.05) is 37.3 Å². The number of carbonyl (C=O) groups is 3. The summed E-state index contributed by atoms with van der Waals surface area (Å²) in [6.45, 7) is 1.56. The van der Waals surface area contributed by atoms with Crippen LogP contribution in [-0.2, 0) is 19.1 Å². The number of halogens is 1. The quantitative estimate of drug-likeness (QED) is 0.530. The van der Waals surface area contributed by atoms with Crippen LogP contribution >= 0.6 is 11.6 Å². The van der Waals surface area contributed by atoms with E-state index in [4.69, 9.17) is 16.3 Å². The molecule has 8 nitrogen and oxygen atoms in total. The lowest BCUT2D eigenvalue weighted by Gasteiger charge is -2.37. The predicted octanol–water partition coefficient (Wildman–Crippen LogP) is 2.91. The van der Waals surface area contributed by atoms with Gasteiger partial charge >= 0.3 is 0 Å². The molecule has 2 aromatic carbocycles. The van der Waals surface area contributed by atoms with E-state index in [-0.39, 0.29) is 18.4 Å². The molecule has 36 heavy (non-hydrogen) atoms. The number of nitrogens with zero attached hydrogens (tertiary/aromatic N) is 1. The number of likely N-dealkylation sites (tertiary alicyclic amines) is 1. The number of carbonyl (C=O) groups excluding carboxylic acids is 3. The fraction of sp³-hybridized carbons (Fsp3) is 0.444. The second kappa shape index (κ2) is 9.18. The molecule has 3 aliphatic rings. The van der Waals surface area contributed by atoms with Gasteiger partial charge in [0.05, 0.1) is 30.1 Å². The molecule has 2 bridgehead atoms. The zero-order valence-corrected chi connectivity index (χ0v) is 21.0. The molecule has 5 rings (SSSR count). The van der Waals surface area contributed by atoms with Crippen molar-refractivity contribution >= 4 is 35.0 Å². The van der Waals surface area contributed by atoms with E-state index in [0.717, 1.165) is 0 Å². The Hall–Kier alpha value is -2.94. The van der Waals surface area contributed by atoms with Gasteiger partial charge in [-0.3, -0.25) is 14.4 Å². The van der Waals surface area contributed by atoms with Crippen LogP contribution < -0.4 is 10.6 Å². The molecule has 0 aliphatic carbocycles. The van der Waals surface area contributed by atoms with E-state index in [1.165, 1.54) is 4.90 Å². The number of benzene rings is 2. The van der Waals surface area contributed by atoms with E-state index in [1.54, 1.807) is 31.3 Å². The molecule has 0 radical (unpaired) electrons. The van der Waals surface area contributed by atoms with Crippen LogP contribution in [0.5, 0.6) is 0 Å². The Morgan fingerprint density at radius 3 is 2.44 bits per heavy atom. The van der Waals surface area contributed by atoms with Gasteiger partial charge < -0.3 is 25.4 Å². The maximum atomic E-state index is 14.2. The fourth-order valence-electron chi connectivity index (χ4n) is 6.62. The van der Waals surface area contributed by atoms with Crippen LogP contribution in [0.2, 0.25) is 5.02 Å². The van der Waals surface area contributed by atoms with Crippen molar-refractivity contribution in [2.75, 3.05) is 19.0 Å². The van der Waals surface area contributed by atoms with Crippen molar-refractivity contribution < 1.29 is 24.2 Å². The van der Waals surface area contributed by atoms with Crippen molar-refractivity contribution in [2.24, 2.45) is 11.8 Å². The smallest absolute Gasteiger partial charge is 0.250 e. The maximum absolute atomic E-state index is 14.2. The monoisotopic (exact) mass is 511 g/mol. The normalized spacial score (nSPS) is 31.3. The van der Waals surface area contributed by atoms with Crippen LogP contribution in [0.15, 0.2) is 54.6 Å². The third-order valence-corrected chi connectivity index (χ3v) is 8.45. The minimum absolute atomic E-state index is 0.268. The Labute approximate surface area is 215 Å². The third-order valence-electron chi connectivity index (χ3n) is 8.20. The van der Waals surface area contributed by atoms with Crippen LogP contribution in [-0.4, -0.2) is 58.6 Å². The van der Waals surface area contributed by atoms with Gasteiger partial charge in [-0.1, -0.05) is 48.9 Å². The summed E-state index contributed by atoms with van der Waals surface area (Å²) in [5.41, 5.74) is -0.766. The van der Waals surface area contributed by atoms with Gasteiger partial charge in [0.1, 0.15) is 11.6 Å². The first-order valence-electron chi connectivity index (χ1n) is 12.3. The van der Waals surface area contributed by atoms with E-state index < -0.39 is 41.0 Å². The van der Waals surface area contributed by atoms with Crippen molar-refractivity contribution in [2.45, 2.75) is 49.5 Å². The number of aliphatic hydroxyl groups excluding tert-OH is 1. The van der Waals surface area contributed by atoms with Gasteiger partial charge in [0.25, 0.3) is 0 Å². The van der Waals surface area contributed by atoms with Gasteiger partial charge in [0.15, 0.2) is 0 Å². The largest absolute Gasteiger partial charge is 0.394 e. The lowest BCUT2D eigenvalue weighted by molar-refractivity contribution is -0.149. The first-order chi connectivity index (χ1) is 17.3. The van der Waals surface area contributed by atoms with Crippen molar-refractivity contribution in [1.29, 1.82) is 0 Å². The fourth-order valence-corrected chi connectivity index (χ4v) is 6.74.